The first-order chi connectivity index (χ1) is 12.6. The number of hydrogen-bond donors (Lipinski definition) is 1. The summed E-state index contributed by atoms with van der Waals surface area (Å²) in [5.74, 6) is 1.99. The van der Waals surface area contributed by atoms with Crippen molar-refractivity contribution in [2.24, 2.45) is 23.2 Å². The van der Waals surface area contributed by atoms with E-state index < -0.39 is 13.9 Å². The molecule has 0 aromatic heterocycles. The van der Waals surface area contributed by atoms with E-state index in [0.717, 1.165) is 18.4 Å². The molecule has 2 rings (SSSR count). The Labute approximate surface area is 169 Å². The van der Waals surface area contributed by atoms with E-state index in [9.17, 15) is 5.11 Å². The van der Waals surface area contributed by atoms with Crippen molar-refractivity contribution in [2.45, 2.75) is 110 Å². The molecule has 0 bridgehead atoms. The van der Waals surface area contributed by atoms with Crippen molar-refractivity contribution in [1.82, 2.24) is 0 Å². The molecule has 0 heterocycles. The van der Waals surface area contributed by atoms with Crippen LogP contribution in [0, 0.1) is 23.2 Å². The molecule has 0 spiro atoms. The minimum Gasteiger partial charge on any atom is -0.414 e. The smallest absolute Gasteiger partial charge is 0.192 e. The Kier molecular flexibility index (Phi) is 8.03. The predicted molar refractivity (Wildman–Crippen MR) is 117 cm³/mol. The minimum absolute atomic E-state index is 0.399. The van der Waals surface area contributed by atoms with Gasteiger partial charge in [0.05, 0.1) is 12.2 Å². The summed E-state index contributed by atoms with van der Waals surface area (Å²) in [5, 5.41) is 9.91. The Morgan fingerprint density at radius 2 is 1.74 bits per heavy atom. The molecule has 0 aliphatic heterocycles. The van der Waals surface area contributed by atoms with Crippen molar-refractivity contribution in [3.63, 3.8) is 0 Å². The number of aliphatic hydroxyl groups is 1. The number of ether oxygens (including phenoxy) is 1. The molecule has 160 valence electrons. The van der Waals surface area contributed by atoms with Crippen molar-refractivity contribution in [3.05, 3.63) is 0 Å². The van der Waals surface area contributed by atoms with Gasteiger partial charge in [-0.25, -0.2) is 0 Å². The maximum atomic E-state index is 9.91. The lowest BCUT2D eigenvalue weighted by Crippen LogP contribution is -2.48. The molecule has 27 heavy (non-hydrogen) atoms. The van der Waals surface area contributed by atoms with E-state index in [1.54, 1.807) is 0 Å². The quantitative estimate of drug-likeness (QED) is 0.457. The fourth-order valence-corrected chi connectivity index (χ4v) is 9.09. The van der Waals surface area contributed by atoms with Crippen molar-refractivity contribution in [1.29, 1.82) is 0 Å². The molecule has 2 saturated carbocycles. The SMILES string of the molecule is CC[Si](CC)(CC)OC1CCC[C@@]2(C)C1CC[C@@H]2C(C)COCC(C)(C)O. The molecule has 4 heteroatoms. The Bertz CT molecular complexity index is 449. The van der Waals surface area contributed by atoms with Gasteiger partial charge in [-0.2, -0.15) is 0 Å². The zero-order valence-corrected chi connectivity index (χ0v) is 20.1. The van der Waals surface area contributed by atoms with Crippen LogP contribution in [0.2, 0.25) is 18.1 Å². The fourth-order valence-electron chi connectivity index (χ4n) is 6.17. The summed E-state index contributed by atoms with van der Waals surface area (Å²) in [4.78, 5) is 0. The first-order valence-electron chi connectivity index (χ1n) is 11.6. The van der Waals surface area contributed by atoms with Crippen molar-refractivity contribution in [3.8, 4) is 0 Å². The van der Waals surface area contributed by atoms with Gasteiger partial charge in [0.2, 0.25) is 0 Å². The fraction of sp³-hybridized carbons (Fsp3) is 1.00. The number of rotatable bonds is 10. The molecule has 3 nitrogen and oxygen atoms in total. The highest BCUT2D eigenvalue weighted by molar-refractivity contribution is 6.73. The second-order valence-corrected chi connectivity index (χ2v) is 15.1. The van der Waals surface area contributed by atoms with E-state index in [4.69, 9.17) is 9.16 Å². The number of hydrogen-bond acceptors (Lipinski definition) is 3. The van der Waals surface area contributed by atoms with Crippen LogP contribution in [0.3, 0.4) is 0 Å². The summed E-state index contributed by atoms with van der Waals surface area (Å²) in [6, 6.07) is 3.76. The van der Waals surface area contributed by atoms with Gasteiger partial charge in [-0.05, 0) is 80.8 Å². The first kappa shape index (κ1) is 23.4. The Balaban J connectivity index is 2.04. The minimum atomic E-state index is -1.54. The molecule has 2 fully saturated rings. The van der Waals surface area contributed by atoms with E-state index in [1.165, 1.54) is 50.2 Å². The van der Waals surface area contributed by atoms with Gasteiger partial charge in [0, 0.05) is 12.7 Å². The third-order valence-electron chi connectivity index (χ3n) is 7.99. The second-order valence-electron chi connectivity index (χ2n) is 10.4. The molecule has 1 N–H and O–H groups in total. The lowest BCUT2D eigenvalue weighted by atomic mass is 9.62. The molecular formula is C23H46O3Si. The third-order valence-corrected chi connectivity index (χ3v) is 12.7. The Morgan fingerprint density at radius 1 is 1.11 bits per heavy atom. The third kappa shape index (κ3) is 5.37. The molecular weight excluding hydrogens is 352 g/mol. The predicted octanol–water partition coefficient (Wildman–Crippen LogP) is 6.02. The van der Waals surface area contributed by atoms with Gasteiger partial charge in [-0.3, -0.25) is 0 Å². The molecule has 5 atom stereocenters. The second kappa shape index (κ2) is 9.28. The van der Waals surface area contributed by atoms with E-state index in [-0.39, 0.29) is 0 Å². The molecule has 0 radical (unpaired) electrons. The lowest BCUT2D eigenvalue weighted by Gasteiger charge is -2.48. The average Bonchev–Trinajstić information content (AvgIpc) is 2.96. The van der Waals surface area contributed by atoms with Gasteiger partial charge in [0.25, 0.3) is 0 Å². The molecule has 2 aliphatic rings. The monoisotopic (exact) mass is 398 g/mol. The van der Waals surface area contributed by atoms with Crippen molar-refractivity contribution >= 4 is 8.32 Å². The maximum absolute atomic E-state index is 9.91. The van der Waals surface area contributed by atoms with E-state index in [1.807, 2.05) is 13.8 Å². The van der Waals surface area contributed by atoms with Gasteiger partial charge < -0.3 is 14.3 Å². The van der Waals surface area contributed by atoms with Crippen molar-refractivity contribution in [2.75, 3.05) is 13.2 Å². The zero-order chi connectivity index (χ0) is 20.3. The van der Waals surface area contributed by atoms with E-state index in [0.29, 0.717) is 24.0 Å². The van der Waals surface area contributed by atoms with Gasteiger partial charge in [-0.1, -0.05) is 41.0 Å². The summed E-state index contributed by atoms with van der Waals surface area (Å²) in [6.45, 7) is 16.8. The van der Waals surface area contributed by atoms with Crippen LogP contribution >= 0.6 is 0 Å². The summed E-state index contributed by atoms with van der Waals surface area (Å²) in [5.41, 5.74) is -0.337. The molecule has 0 saturated heterocycles. The standard InChI is InChI=1S/C23H46O3Si/c1-8-27(9-2,10-3)26-21-12-11-15-23(7)19(13-14-20(21)23)18(4)16-25-17-22(5,6)24/h18-21,24H,8-17H2,1-7H3/t18?,19-,20?,21?,23-/m1/s1. The highest BCUT2D eigenvalue weighted by atomic mass is 28.4. The number of fused-ring (bicyclic) bond motifs is 1. The molecule has 0 amide bonds. The van der Waals surface area contributed by atoms with Crippen LogP contribution in [0.15, 0.2) is 0 Å². The maximum Gasteiger partial charge on any atom is 0.192 e. The Morgan fingerprint density at radius 3 is 2.30 bits per heavy atom. The lowest BCUT2D eigenvalue weighted by molar-refractivity contribution is -0.0553. The summed E-state index contributed by atoms with van der Waals surface area (Å²) in [6.07, 6.45) is 7.05. The van der Waals surface area contributed by atoms with Crippen LogP contribution in [0.5, 0.6) is 0 Å². The molecule has 0 aromatic carbocycles. The van der Waals surface area contributed by atoms with Gasteiger partial charge in [0.15, 0.2) is 8.32 Å². The van der Waals surface area contributed by atoms with Crippen LogP contribution in [-0.4, -0.2) is 38.3 Å². The highest BCUT2D eigenvalue weighted by Gasteiger charge is 2.53. The molecule has 2 aliphatic carbocycles. The Hall–Kier alpha value is 0.0969. The van der Waals surface area contributed by atoms with E-state index >= 15 is 0 Å². The molecule has 0 aromatic rings. The average molecular weight is 399 g/mol. The van der Waals surface area contributed by atoms with Crippen LogP contribution in [0.25, 0.3) is 0 Å². The summed E-state index contributed by atoms with van der Waals surface area (Å²) >= 11 is 0. The van der Waals surface area contributed by atoms with Crippen LogP contribution < -0.4 is 0 Å². The first-order valence-corrected chi connectivity index (χ1v) is 14.1. The zero-order valence-electron chi connectivity index (χ0n) is 19.1. The summed E-state index contributed by atoms with van der Waals surface area (Å²) < 4.78 is 12.9. The summed E-state index contributed by atoms with van der Waals surface area (Å²) in [7, 11) is -1.54. The van der Waals surface area contributed by atoms with Gasteiger partial charge >= 0.3 is 0 Å². The van der Waals surface area contributed by atoms with Gasteiger partial charge in [0.1, 0.15) is 0 Å². The van der Waals surface area contributed by atoms with E-state index in [2.05, 4.69) is 34.6 Å². The van der Waals surface area contributed by atoms with Crippen LogP contribution in [0.1, 0.15) is 80.6 Å². The molecule has 3 unspecified atom stereocenters. The van der Waals surface area contributed by atoms with Crippen LogP contribution in [-0.2, 0) is 9.16 Å². The van der Waals surface area contributed by atoms with Crippen LogP contribution in [0.4, 0.5) is 0 Å². The normalized spacial score (nSPS) is 33.1. The highest BCUT2D eigenvalue weighted by Crippen LogP contribution is 2.58. The largest absolute Gasteiger partial charge is 0.414 e. The van der Waals surface area contributed by atoms with Crippen molar-refractivity contribution < 1.29 is 14.3 Å². The topological polar surface area (TPSA) is 38.7 Å². The van der Waals surface area contributed by atoms with Gasteiger partial charge in [-0.15, -0.1) is 0 Å².